The topological polar surface area (TPSA) is 20.2 Å². The van der Waals surface area contributed by atoms with Crippen LogP contribution in [0.1, 0.15) is 98.8 Å². The summed E-state index contributed by atoms with van der Waals surface area (Å²) in [5, 5.41) is 10.2. The van der Waals surface area contributed by atoms with Crippen molar-refractivity contribution < 1.29 is 5.11 Å². The Morgan fingerprint density at radius 2 is 1.93 bits per heavy atom. The monoisotopic (exact) mass is 384 g/mol. The number of rotatable bonds is 4. The second-order valence-electron chi connectivity index (χ2n) is 11.7. The van der Waals surface area contributed by atoms with E-state index < -0.39 is 0 Å². The molecule has 4 aliphatic rings. The van der Waals surface area contributed by atoms with Crippen molar-refractivity contribution in [3.8, 4) is 0 Å². The molecule has 0 saturated heterocycles. The first-order valence-corrected chi connectivity index (χ1v) is 12.3. The summed E-state index contributed by atoms with van der Waals surface area (Å²) in [5.41, 5.74) is 4.04. The van der Waals surface area contributed by atoms with Crippen molar-refractivity contribution in [2.24, 2.45) is 40.4 Å². The summed E-state index contributed by atoms with van der Waals surface area (Å²) in [6.07, 6.45) is 17.9. The molecule has 0 amide bonds. The third kappa shape index (κ3) is 3.34. The van der Waals surface area contributed by atoms with Crippen molar-refractivity contribution in [2.45, 2.75) is 105 Å². The van der Waals surface area contributed by atoms with Crippen LogP contribution in [-0.4, -0.2) is 11.2 Å². The summed E-state index contributed by atoms with van der Waals surface area (Å²) in [5.74, 6) is 4.49. The molecule has 1 heteroatoms. The van der Waals surface area contributed by atoms with Crippen LogP contribution in [0.3, 0.4) is 0 Å². The lowest BCUT2D eigenvalue weighted by molar-refractivity contribution is -0.0571. The highest BCUT2D eigenvalue weighted by Crippen LogP contribution is 2.67. The lowest BCUT2D eigenvalue weighted by Crippen LogP contribution is -2.50. The Morgan fingerprint density at radius 1 is 1.14 bits per heavy atom. The zero-order valence-electron chi connectivity index (χ0n) is 19.1. The van der Waals surface area contributed by atoms with E-state index in [2.05, 4.69) is 46.8 Å². The van der Waals surface area contributed by atoms with Crippen molar-refractivity contribution in [2.75, 3.05) is 0 Å². The summed E-state index contributed by atoms with van der Waals surface area (Å²) >= 11 is 0. The van der Waals surface area contributed by atoms with E-state index in [-0.39, 0.29) is 6.10 Å². The Balaban J connectivity index is 1.51. The second-order valence-corrected chi connectivity index (χ2v) is 11.7. The predicted molar refractivity (Wildman–Crippen MR) is 119 cm³/mol. The van der Waals surface area contributed by atoms with Gasteiger partial charge in [-0.2, -0.15) is 0 Å². The molecule has 8 unspecified atom stereocenters. The zero-order chi connectivity index (χ0) is 20.1. The average molecular weight is 385 g/mol. The Kier molecular flexibility index (Phi) is 5.62. The number of allylic oxidation sites excluding steroid dienone is 3. The van der Waals surface area contributed by atoms with Gasteiger partial charge in [0.1, 0.15) is 0 Å². The average Bonchev–Trinajstić information content (AvgIpc) is 2.99. The fraction of sp³-hybridized carbons (Fsp3) is 0.852. The normalized spacial score (nSPS) is 46.1. The van der Waals surface area contributed by atoms with Gasteiger partial charge in [-0.05, 0) is 118 Å². The molecule has 0 bridgehead atoms. The van der Waals surface area contributed by atoms with Crippen LogP contribution < -0.4 is 0 Å². The van der Waals surface area contributed by atoms with E-state index in [0.29, 0.717) is 10.8 Å². The second kappa shape index (κ2) is 7.60. The molecule has 0 aromatic rings. The van der Waals surface area contributed by atoms with Crippen molar-refractivity contribution in [3.63, 3.8) is 0 Å². The minimum absolute atomic E-state index is 0.0813. The van der Waals surface area contributed by atoms with Crippen LogP contribution in [0.4, 0.5) is 0 Å². The summed E-state index contributed by atoms with van der Waals surface area (Å²) < 4.78 is 0. The third-order valence-corrected chi connectivity index (χ3v) is 10.0. The summed E-state index contributed by atoms with van der Waals surface area (Å²) in [6, 6.07) is 0. The largest absolute Gasteiger partial charge is 0.393 e. The van der Waals surface area contributed by atoms with Crippen molar-refractivity contribution in [1.29, 1.82) is 0 Å². The molecule has 0 aliphatic heterocycles. The van der Waals surface area contributed by atoms with Crippen molar-refractivity contribution >= 4 is 0 Å². The van der Waals surface area contributed by atoms with Crippen LogP contribution >= 0.6 is 0 Å². The molecule has 0 aromatic heterocycles. The highest BCUT2D eigenvalue weighted by molar-refractivity contribution is 5.25. The van der Waals surface area contributed by atoms with Gasteiger partial charge in [-0.3, -0.25) is 0 Å². The van der Waals surface area contributed by atoms with Gasteiger partial charge in [-0.25, -0.2) is 0 Å². The Labute approximate surface area is 174 Å². The maximum Gasteiger partial charge on any atom is 0.0577 e. The van der Waals surface area contributed by atoms with E-state index >= 15 is 0 Å². The minimum Gasteiger partial charge on any atom is -0.393 e. The minimum atomic E-state index is -0.0813. The number of hydrogen-bond acceptors (Lipinski definition) is 1. The van der Waals surface area contributed by atoms with Crippen LogP contribution in [-0.2, 0) is 0 Å². The van der Waals surface area contributed by atoms with Gasteiger partial charge in [0.05, 0.1) is 6.10 Å². The molecule has 3 saturated carbocycles. The van der Waals surface area contributed by atoms with E-state index in [1.165, 1.54) is 56.9 Å². The molecule has 1 N–H and O–H groups in total. The molecular formula is C27H44O. The molecule has 1 nitrogen and oxygen atoms in total. The van der Waals surface area contributed by atoms with E-state index in [4.69, 9.17) is 0 Å². The van der Waals surface area contributed by atoms with Gasteiger partial charge in [0.15, 0.2) is 0 Å². The van der Waals surface area contributed by atoms with Crippen LogP contribution in [0.2, 0.25) is 0 Å². The van der Waals surface area contributed by atoms with Gasteiger partial charge in [0.25, 0.3) is 0 Å². The van der Waals surface area contributed by atoms with Gasteiger partial charge in [0, 0.05) is 0 Å². The van der Waals surface area contributed by atoms with Crippen LogP contribution in [0, 0.1) is 40.4 Å². The number of hydrogen-bond donors (Lipinski definition) is 1. The predicted octanol–water partition coefficient (Wildman–Crippen LogP) is 7.31. The molecule has 158 valence electrons. The van der Waals surface area contributed by atoms with E-state index in [1.54, 1.807) is 5.57 Å². The van der Waals surface area contributed by atoms with Gasteiger partial charge >= 0.3 is 0 Å². The molecule has 0 spiro atoms. The fourth-order valence-electron chi connectivity index (χ4n) is 8.45. The van der Waals surface area contributed by atoms with Crippen LogP contribution in [0.5, 0.6) is 0 Å². The summed E-state index contributed by atoms with van der Waals surface area (Å²) in [6.45, 7) is 12.2. The standard InChI is InChI=1S/C27H44O/c1-18(2)7-6-8-19(3)23-11-12-24-22-10-9-20-17-21(28)13-15-26(20,4)25(22)14-16-27(23,24)5/h7,9,19,21-25,28H,6,8,10-17H2,1-5H3. The molecule has 3 fully saturated rings. The first kappa shape index (κ1) is 20.7. The number of aliphatic hydroxyl groups excluding tert-OH is 1. The maximum atomic E-state index is 10.2. The SMILES string of the molecule is CC(C)=CCCC(C)C1CCC2C3CC=C4CC(O)CCC4(C)C3CCC12C. The van der Waals surface area contributed by atoms with E-state index in [0.717, 1.165) is 42.4 Å². The van der Waals surface area contributed by atoms with Crippen molar-refractivity contribution in [3.05, 3.63) is 23.3 Å². The molecule has 0 radical (unpaired) electrons. The van der Waals surface area contributed by atoms with Crippen LogP contribution in [0.15, 0.2) is 23.3 Å². The smallest absolute Gasteiger partial charge is 0.0577 e. The van der Waals surface area contributed by atoms with Crippen LogP contribution in [0.25, 0.3) is 0 Å². The lowest BCUT2D eigenvalue weighted by atomic mass is 9.47. The Morgan fingerprint density at radius 3 is 2.68 bits per heavy atom. The van der Waals surface area contributed by atoms with E-state index in [1.807, 2.05) is 0 Å². The van der Waals surface area contributed by atoms with Crippen molar-refractivity contribution in [1.82, 2.24) is 0 Å². The quantitative estimate of drug-likeness (QED) is 0.504. The molecule has 8 atom stereocenters. The van der Waals surface area contributed by atoms with E-state index in [9.17, 15) is 5.11 Å². The Hall–Kier alpha value is -0.560. The molecular weight excluding hydrogens is 340 g/mol. The molecule has 28 heavy (non-hydrogen) atoms. The molecule has 4 aliphatic carbocycles. The first-order chi connectivity index (χ1) is 13.3. The first-order valence-electron chi connectivity index (χ1n) is 12.3. The third-order valence-electron chi connectivity index (χ3n) is 10.0. The van der Waals surface area contributed by atoms with Gasteiger partial charge in [-0.15, -0.1) is 0 Å². The Bertz CT molecular complexity index is 641. The number of aliphatic hydroxyl groups is 1. The molecule has 0 aromatic carbocycles. The van der Waals surface area contributed by atoms with Gasteiger partial charge in [-0.1, -0.05) is 44.1 Å². The summed E-state index contributed by atoms with van der Waals surface area (Å²) in [4.78, 5) is 0. The highest BCUT2D eigenvalue weighted by Gasteiger charge is 2.58. The summed E-state index contributed by atoms with van der Waals surface area (Å²) in [7, 11) is 0. The van der Waals surface area contributed by atoms with Gasteiger partial charge in [0.2, 0.25) is 0 Å². The zero-order valence-corrected chi connectivity index (χ0v) is 19.1. The number of fused-ring (bicyclic) bond motifs is 5. The van der Waals surface area contributed by atoms with Gasteiger partial charge < -0.3 is 5.11 Å². The molecule has 0 heterocycles. The molecule has 4 rings (SSSR count). The highest BCUT2D eigenvalue weighted by atomic mass is 16.3. The fourth-order valence-corrected chi connectivity index (χ4v) is 8.45. The lowest BCUT2D eigenvalue weighted by Gasteiger charge is -2.58. The maximum absolute atomic E-state index is 10.2.